The molecule has 1 saturated heterocycles. The van der Waals surface area contributed by atoms with Gasteiger partial charge in [0.2, 0.25) is 10.0 Å². The van der Waals surface area contributed by atoms with Gasteiger partial charge in [-0.25, -0.2) is 13.2 Å². The molecule has 0 bridgehead atoms. The zero-order chi connectivity index (χ0) is 19.8. The van der Waals surface area contributed by atoms with Gasteiger partial charge in [-0.3, -0.25) is 4.90 Å². The van der Waals surface area contributed by atoms with Gasteiger partial charge in [0.15, 0.2) is 0 Å². The highest BCUT2D eigenvalue weighted by Crippen LogP contribution is 2.38. The van der Waals surface area contributed by atoms with Gasteiger partial charge in [0.1, 0.15) is 6.17 Å². The smallest absolute Gasteiger partial charge is 0.321 e. The van der Waals surface area contributed by atoms with Crippen molar-refractivity contribution in [1.82, 2.24) is 14.1 Å². The molecule has 0 saturated carbocycles. The predicted octanol–water partition coefficient (Wildman–Crippen LogP) is 3.07. The van der Waals surface area contributed by atoms with Gasteiger partial charge in [-0.15, -0.1) is 0 Å². The van der Waals surface area contributed by atoms with Crippen LogP contribution in [-0.4, -0.2) is 55.2 Å². The second-order valence-electron chi connectivity index (χ2n) is 7.11. The summed E-state index contributed by atoms with van der Waals surface area (Å²) in [4.78, 5) is 16.2. The molecule has 2 atom stereocenters. The summed E-state index contributed by atoms with van der Waals surface area (Å²) in [6, 6.07) is 15.6. The number of aryl methyl sites for hydroxylation is 1. The Labute approximate surface area is 161 Å². The molecule has 0 spiro atoms. The molecule has 27 heavy (non-hydrogen) atoms. The molecule has 2 amide bonds. The average Bonchev–Trinajstić information content (AvgIpc) is 3.00. The fourth-order valence-electron chi connectivity index (χ4n) is 3.38. The standard InChI is InChI=1S/C20H25N3O3S/c1-15-10-12-18(13-11-15)27(25,26)22-14-16(2)23(20(24)21(3)4)19(22)17-8-6-5-7-9-17/h5-13,16,19H,14H2,1-4H3. The second-order valence-corrected chi connectivity index (χ2v) is 9.00. The first-order chi connectivity index (χ1) is 12.7. The molecule has 1 heterocycles. The summed E-state index contributed by atoms with van der Waals surface area (Å²) < 4.78 is 28.2. The van der Waals surface area contributed by atoms with Crippen LogP contribution in [0.5, 0.6) is 0 Å². The first-order valence-electron chi connectivity index (χ1n) is 8.86. The quantitative estimate of drug-likeness (QED) is 0.813. The minimum atomic E-state index is -3.76. The number of urea groups is 1. The zero-order valence-corrected chi connectivity index (χ0v) is 16.8. The highest BCUT2D eigenvalue weighted by atomic mass is 32.2. The van der Waals surface area contributed by atoms with Crippen LogP contribution in [-0.2, 0) is 10.0 Å². The van der Waals surface area contributed by atoms with Crippen molar-refractivity contribution in [3.63, 3.8) is 0 Å². The summed E-state index contributed by atoms with van der Waals surface area (Å²) in [6.45, 7) is 4.04. The van der Waals surface area contributed by atoms with Gasteiger partial charge in [0.05, 0.1) is 4.90 Å². The molecule has 7 heteroatoms. The monoisotopic (exact) mass is 387 g/mol. The molecule has 2 aromatic carbocycles. The second kappa shape index (κ2) is 7.32. The molecule has 2 aromatic rings. The summed E-state index contributed by atoms with van der Waals surface area (Å²) >= 11 is 0. The SMILES string of the molecule is Cc1ccc(S(=O)(=O)N2CC(C)N(C(=O)N(C)C)C2c2ccccc2)cc1. The highest BCUT2D eigenvalue weighted by Gasteiger charge is 2.47. The van der Waals surface area contributed by atoms with Gasteiger partial charge in [-0.2, -0.15) is 4.31 Å². The highest BCUT2D eigenvalue weighted by molar-refractivity contribution is 7.89. The maximum absolute atomic E-state index is 13.4. The largest absolute Gasteiger partial charge is 0.331 e. The number of hydrogen-bond donors (Lipinski definition) is 0. The molecular weight excluding hydrogens is 362 g/mol. The lowest BCUT2D eigenvalue weighted by atomic mass is 10.1. The Bertz CT molecular complexity index is 911. The first-order valence-corrected chi connectivity index (χ1v) is 10.3. The Kier molecular flexibility index (Phi) is 5.26. The summed E-state index contributed by atoms with van der Waals surface area (Å²) in [5.41, 5.74) is 1.76. The van der Waals surface area contributed by atoms with Crippen molar-refractivity contribution in [3.05, 3.63) is 65.7 Å². The summed E-state index contributed by atoms with van der Waals surface area (Å²) in [7, 11) is -0.407. The van der Waals surface area contributed by atoms with E-state index >= 15 is 0 Å². The predicted molar refractivity (Wildman–Crippen MR) is 105 cm³/mol. The molecule has 2 unspecified atom stereocenters. The number of rotatable bonds is 3. The van der Waals surface area contributed by atoms with Crippen LogP contribution in [0.25, 0.3) is 0 Å². The topological polar surface area (TPSA) is 60.9 Å². The lowest BCUT2D eigenvalue weighted by molar-refractivity contribution is 0.138. The Morgan fingerprint density at radius 1 is 1.04 bits per heavy atom. The van der Waals surface area contributed by atoms with Crippen LogP contribution in [0.2, 0.25) is 0 Å². The third kappa shape index (κ3) is 3.57. The van der Waals surface area contributed by atoms with Crippen molar-refractivity contribution in [2.24, 2.45) is 0 Å². The molecular formula is C20H25N3O3S. The molecule has 0 aliphatic carbocycles. The van der Waals surface area contributed by atoms with E-state index in [1.54, 1.807) is 43.3 Å². The van der Waals surface area contributed by atoms with E-state index in [0.717, 1.165) is 11.1 Å². The van der Waals surface area contributed by atoms with Gasteiger partial charge >= 0.3 is 6.03 Å². The molecule has 0 N–H and O–H groups in total. The molecule has 0 radical (unpaired) electrons. The van der Waals surface area contributed by atoms with Crippen molar-refractivity contribution >= 4 is 16.1 Å². The summed E-state index contributed by atoms with van der Waals surface area (Å²) in [5.74, 6) is 0. The maximum Gasteiger partial charge on any atom is 0.321 e. The van der Waals surface area contributed by atoms with E-state index in [4.69, 9.17) is 0 Å². The van der Waals surface area contributed by atoms with E-state index in [1.807, 2.05) is 44.2 Å². The summed E-state index contributed by atoms with van der Waals surface area (Å²) in [5, 5.41) is 0. The fourth-order valence-corrected chi connectivity index (χ4v) is 5.03. The van der Waals surface area contributed by atoms with E-state index in [9.17, 15) is 13.2 Å². The van der Waals surface area contributed by atoms with Gasteiger partial charge in [0, 0.05) is 26.7 Å². The fraction of sp³-hybridized carbons (Fsp3) is 0.350. The first kappa shape index (κ1) is 19.4. The van der Waals surface area contributed by atoms with Crippen LogP contribution >= 0.6 is 0 Å². The molecule has 6 nitrogen and oxygen atoms in total. The van der Waals surface area contributed by atoms with E-state index in [0.29, 0.717) is 0 Å². The van der Waals surface area contributed by atoms with Gasteiger partial charge in [0.25, 0.3) is 0 Å². The van der Waals surface area contributed by atoms with Crippen molar-refractivity contribution < 1.29 is 13.2 Å². The normalized spacial score (nSPS) is 20.7. The Balaban J connectivity index is 2.10. The van der Waals surface area contributed by atoms with Crippen LogP contribution in [0.1, 0.15) is 24.2 Å². The molecule has 1 fully saturated rings. The molecule has 1 aliphatic heterocycles. The Hall–Kier alpha value is -2.38. The minimum absolute atomic E-state index is 0.210. The third-order valence-electron chi connectivity index (χ3n) is 4.78. The van der Waals surface area contributed by atoms with E-state index in [1.165, 1.54) is 9.21 Å². The van der Waals surface area contributed by atoms with E-state index in [2.05, 4.69) is 0 Å². The van der Waals surface area contributed by atoms with Crippen LogP contribution < -0.4 is 0 Å². The molecule has 1 aliphatic rings. The average molecular weight is 388 g/mol. The number of nitrogens with zero attached hydrogens (tertiary/aromatic N) is 3. The van der Waals surface area contributed by atoms with Crippen molar-refractivity contribution in [3.8, 4) is 0 Å². The molecule has 3 rings (SSSR count). The van der Waals surface area contributed by atoms with Crippen molar-refractivity contribution in [2.45, 2.75) is 31.0 Å². The Morgan fingerprint density at radius 2 is 1.63 bits per heavy atom. The lowest BCUT2D eigenvalue weighted by Crippen LogP contribution is -2.44. The number of amides is 2. The molecule has 144 valence electrons. The van der Waals surface area contributed by atoms with Gasteiger partial charge in [-0.05, 0) is 31.5 Å². The molecule has 0 aromatic heterocycles. The van der Waals surface area contributed by atoms with Crippen molar-refractivity contribution in [1.29, 1.82) is 0 Å². The van der Waals surface area contributed by atoms with Gasteiger partial charge in [-0.1, -0.05) is 48.0 Å². The maximum atomic E-state index is 13.4. The number of hydrogen-bond acceptors (Lipinski definition) is 3. The van der Waals surface area contributed by atoms with Crippen LogP contribution in [0.15, 0.2) is 59.5 Å². The zero-order valence-electron chi connectivity index (χ0n) is 16.0. The third-order valence-corrected chi connectivity index (χ3v) is 6.62. The number of carbonyl (C=O) groups is 1. The van der Waals surface area contributed by atoms with Crippen LogP contribution in [0.4, 0.5) is 4.79 Å². The lowest BCUT2D eigenvalue weighted by Gasteiger charge is -2.33. The number of sulfonamides is 1. The number of carbonyl (C=O) groups excluding carboxylic acids is 1. The number of benzene rings is 2. The van der Waals surface area contributed by atoms with Gasteiger partial charge < -0.3 is 4.90 Å². The van der Waals surface area contributed by atoms with Crippen LogP contribution in [0.3, 0.4) is 0 Å². The van der Waals surface area contributed by atoms with Crippen LogP contribution in [0, 0.1) is 6.92 Å². The van der Waals surface area contributed by atoms with Crippen molar-refractivity contribution in [2.75, 3.05) is 20.6 Å². The summed E-state index contributed by atoms with van der Waals surface area (Å²) in [6.07, 6.45) is -0.678. The minimum Gasteiger partial charge on any atom is -0.331 e. The van der Waals surface area contributed by atoms with E-state index < -0.39 is 16.2 Å². The Morgan fingerprint density at radius 3 is 2.19 bits per heavy atom. The van der Waals surface area contributed by atoms with E-state index in [-0.39, 0.29) is 23.5 Å².